The Morgan fingerprint density at radius 3 is 2.38 bits per heavy atom. The van der Waals surface area contributed by atoms with Crippen molar-refractivity contribution in [3.8, 4) is 0 Å². The molecule has 0 rings (SSSR count). The molecule has 0 aliphatic carbocycles. The number of nitrogens with zero attached hydrogens (tertiary/aromatic N) is 1. The SMILES string of the molecule is CCC(=O)C(C)(C)NN(C)C(=O)/C=C\C=O. The lowest BCUT2D eigenvalue weighted by molar-refractivity contribution is -0.133. The molecule has 0 aromatic heterocycles. The number of hydrogen-bond acceptors (Lipinski definition) is 4. The van der Waals surface area contributed by atoms with Gasteiger partial charge in [0, 0.05) is 19.5 Å². The number of likely N-dealkylation sites (N-methyl/N-ethyl adjacent to an activating group) is 1. The molecule has 1 amide bonds. The Morgan fingerprint density at radius 1 is 1.38 bits per heavy atom. The van der Waals surface area contributed by atoms with Crippen LogP contribution in [0.2, 0.25) is 0 Å². The van der Waals surface area contributed by atoms with E-state index >= 15 is 0 Å². The lowest BCUT2D eigenvalue weighted by atomic mass is 9.98. The standard InChI is InChI=1S/C11H18N2O3/c1-5-9(15)11(2,3)12-13(4)10(16)7-6-8-14/h6-8,12H,5H2,1-4H3/b7-6-. The second-order valence-electron chi connectivity index (χ2n) is 3.91. The molecule has 90 valence electrons. The molecule has 0 bridgehead atoms. The van der Waals surface area contributed by atoms with E-state index in [9.17, 15) is 14.4 Å². The van der Waals surface area contributed by atoms with Gasteiger partial charge in [-0.25, -0.2) is 5.43 Å². The van der Waals surface area contributed by atoms with Gasteiger partial charge in [0.15, 0.2) is 5.78 Å². The van der Waals surface area contributed by atoms with Crippen molar-refractivity contribution >= 4 is 18.0 Å². The number of hydrazine groups is 1. The van der Waals surface area contributed by atoms with Gasteiger partial charge in [-0.15, -0.1) is 0 Å². The second-order valence-corrected chi connectivity index (χ2v) is 3.91. The molecule has 1 N–H and O–H groups in total. The number of amides is 1. The van der Waals surface area contributed by atoms with Crippen molar-refractivity contribution in [1.29, 1.82) is 0 Å². The van der Waals surface area contributed by atoms with Crippen molar-refractivity contribution in [3.63, 3.8) is 0 Å². The molecule has 5 nitrogen and oxygen atoms in total. The Kier molecular flexibility index (Phi) is 5.60. The van der Waals surface area contributed by atoms with Crippen LogP contribution in [0.5, 0.6) is 0 Å². The van der Waals surface area contributed by atoms with Crippen molar-refractivity contribution in [3.05, 3.63) is 12.2 Å². The summed E-state index contributed by atoms with van der Waals surface area (Å²) in [6.07, 6.45) is 3.15. The maximum atomic E-state index is 11.5. The molecule has 0 heterocycles. The van der Waals surface area contributed by atoms with Gasteiger partial charge in [0.1, 0.15) is 6.29 Å². The molecule has 0 aromatic carbocycles. The van der Waals surface area contributed by atoms with Gasteiger partial charge in [-0.3, -0.25) is 19.4 Å². The van der Waals surface area contributed by atoms with Crippen molar-refractivity contribution in [2.45, 2.75) is 32.7 Å². The Bertz CT molecular complexity index is 308. The molecule has 5 heteroatoms. The Balaban J connectivity index is 4.49. The lowest BCUT2D eigenvalue weighted by Gasteiger charge is -2.29. The number of carbonyl (C=O) groups excluding carboxylic acids is 3. The molecule has 0 atom stereocenters. The quantitative estimate of drug-likeness (QED) is 0.406. The van der Waals surface area contributed by atoms with Crippen LogP contribution in [0.3, 0.4) is 0 Å². The largest absolute Gasteiger partial charge is 0.299 e. The topological polar surface area (TPSA) is 66.5 Å². The summed E-state index contributed by atoms with van der Waals surface area (Å²) < 4.78 is 0. The van der Waals surface area contributed by atoms with Crippen LogP contribution in [0.1, 0.15) is 27.2 Å². The maximum Gasteiger partial charge on any atom is 0.260 e. The predicted molar refractivity (Wildman–Crippen MR) is 60.5 cm³/mol. The minimum Gasteiger partial charge on any atom is -0.299 e. The van der Waals surface area contributed by atoms with Gasteiger partial charge in [-0.2, -0.15) is 0 Å². The smallest absolute Gasteiger partial charge is 0.260 e. The molecular weight excluding hydrogens is 208 g/mol. The van der Waals surface area contributed by atoms with Crippen LogP contribution in [-0.4, -0.2) is 35.6 Å². The zero-order valence-electron chi connectivity index (χ0n) is 10.1. The first-order valence-corrected chi connectivity index (χ1v) is 5.05. The average molecular weight is 226 g/mol. The predicted octanol–water partition coefficient (Wildman–Crippen LogP) is 0.462. The number of carbonyl (C=O) groups is 3. The summed E-state index contributed by atoms with van der Waals surface area (Å²) in [7, 11) is 1.50. The van der Waals surface area contributed by atoms with Crippen molar-refractivity contribution in [2.75, 3.05) is 7.05 Å². The summed E-state index contributed by atoms with van der Waals surface area (Å²) in [6.45, 7) is 5.16. The third-order valence-corrected chi connectivity index (χ3v) is 2.11. The number of Topliss-reactive ketones (excluding diaryl/α,β-unsaturated/α-hetero) is 1. The zero-order chi connectivity index (χ0) is 12.8. The molecule has 0 unspecified atom stereocenters. The fourth-order valence-corrected chi connectivity index (χ4v) is 1.21. The van der Waals surface area contributed by atoms with Crippen LogP contribution in [0, 0.1) is 0 Å². The summed E-state index contributed by atoms with van der Waals surface area (Å²) in [5.41, 5.74) is 1.99. The minimum atomic E-state index is -0.797. The number of nitrogens with one attached hydrogen (secondary N) is 1. The van der Waals surface area contributed by atoms with Crippen LogP contribution in [-0.2, 0) is 14.4 Å². The molecular formula is C11H18N2O3. The average Bonchev–Trinajstić information content (AvgIpc) is 2.23. The van der Waals surface area contributed by atoms with Gasteiger partial charge in [-0.05, 0) is 19.9 Å². The van der Waals surface area contributed by atoms with Crippen LogP contribution in [0.25, 0.3) is 0 Å². The van der Waals surface area contributed by atoms with E-state index in [4.69, 9.17) is 0 Å². The van der Waals surface area contributed by atoms with E-state index in [2.05, 4.69) is 5.43 Å². The number of allylic oxidation sites excluding steroid dienone is 1. The Morgan fingerprint density at radius 2 is 1.94 bits per heavy atom. The van der Waals surface area contributed by atoms with E-state index in [1.165, 1.54) is 12.1 Å². The van der Waals surface area contributed by atoms with Crippen molar-refractivity contribution in [1.82, 2.24) is 10.4 Å². The van der Waals surface area contributed by atoms with Gasteiger partial charge >= 0.3 is 0 Å². The molecule has 0 spiro atoms. The summed E-state index contributed by atoms with van der Waals surface area (Å²) >= 11 is 0. The molecule has 16 heavy (non-hydrogen) atoms. The van der Waals surface area contributed by atoms with Gasteiger partial charge in [0.2, 0.25) is 0 Å². The van der Waals surface area contributed by atoms with Gasteiger partial charge in [0.05, 0.1) is 5.54 Å². The summed E-state index contributed by atoms with van der Waals surface area (Å²) in [5, 5.41) is 1.19. The molecule has 0 aliphatic rings. The van der Waals surface area contributed by atoms with E-state index in [1.807, 2.05) is 0 Å². The second kappa shape index (κ2) is 6.17. The Hall–Kier alpha value is -1.49. The Labute approximate surface area is 95.5 Å². The number of aldehydes is 1. The van der Waals surface area contributed by atoms with E-state index in [0.29, 0.717) is 12.7 Å². The van der Waals surface area contributed by atoms with Crippen LogP contribution < -0.4 is 5.43 Å². The van der Waals surface area contributed by atoms with E-state index in [1.54, 1.807) is 20.8 Å². The molecule has 0 aliphatic heterocycles. The fraction of sp³-hybridized carbons (Fsp3) is 0.545. The summed E-state index contributed by atoms with van der Waals surface area (Å²) in [4.78, 5) is 33.0. The number of ketones is 1. The van der Waals surface area contributed by atoms with Crippen LogP contribution in [0.4, 0.5) is 0 Å². The molecule has 0 saturated heterocycles. The zero-order valence-corrected chi connectivity index (χ0v) is 10.1. The lowest BCUT2D eigenvalue weighted by Crippen LogP contribution is -2.55. The first-order chi connectivity index (χ1) is 7.35. The highest BCUT2D eigenvalue weighted by Crippen LogP contribution is 2.07. The summed E-state index contributed by atoms with van der Waals surface area (Å²) in [5.74, 6) is -0.379. The van der Waals surface area contributed by atoms with E-state index in [-0.39, 0.29) is 11.7 Å². The van der Waals surface area contributed by atoms with Gasteiger partial charge in [-0.1, -0.05) is 6.92 Å². The highest BCUT2D eigenvalue weighted by Gasteiger charge is 2.27. The molecule has 0 saturated carbocycles. The van der Waals surface area contributed by atoms with Crippen LogP contribution in [0.15, 0.2) is 12.2 Å². The monoisotopic (exact) mass is 226 g/mol. The fourth-order valence-electron chi connectivity index (χ4n) is 1.21. The first-order valence-electron chi connectivity index (χ1n) is 5.05. The highest BCUT2D eigenvalue weighted by atomic mass is 16.2. The molecule has 0 aromatic rings. The van der Waals surface area contributed by atoms with Crippen LogP contribution >= 0.6 is 0 Å². The van der Waals surface area contributed by atoms with E-state index in [0.717, 1.165) is 12.2 Å². The normalized spacial score (nSPS) is 11.5. The maximum absolute atomic E-state index is 11.5. The summed E-state index contributed by atoms with van der Waals surface area (Å²) in [6, 6.07) is 0. The third-order valence-electron chi connectivity index (χ3n) is 2.11. The third kappa shape index (κ3) is 4.35. The van der Waals surface area contributed by atoms with E-state index < -0.39 is 5.54 Å². The van der Waals surface area contributed by atoms with Crippen molar-refractivity contribution < 1.29 is 14.4 Å². The van der Waals surface area contributed by atoms with Gasteiger partial charge in [0.25, 0.3) is 5.91 Å². The molecule has 0 fully saturated rings. The number of rotatable bonds is 6. The molecule has 0 radical (unpaired) electrons. The van der Waals surface area contributed by atoms with Gasteiger partial charge < -0.3 is 0 Å². The first kappa shape index (κ1) is 14.5. The number of hydrogen-bond donors (Lipinski definition) is 1. The highest BCUT2D eigenvalue weighted by molar-refractivity contribution is 5.91. The minimum absolute atomic E-state index is 0.00603. The van der Waals surface area contributed by atoms with Crippen molar-refractivity contribution in [2.24, 2.45) is 0 Å².